The summed E-state index contributed by atoms with van der Waals surface area (Å²) < 4.78 is 39.3. The minimum Gasteiger partial charge on any atom is -0.480 e. The highest BCUT2D eigenvalue weighted by Crippen LogP contribution is 2.22. The lowest BCUT2D eigenvalue weighted by Gasteiger charge is -2.17. The lowest BCUT2D eigenvalue weighted by molar-refractivity contribution is -0.139. The van der Waals surface area contributed by atoms with Crippen molar-refractivity contribution in [2.75, 3.05) is 0 Å². The van der Waals surface area contributed by atoms with Crippen LogP contribution >= 0.6 is 11.6 Å². The summed E-state index contributed by atoms with van der Waals surface area (Å²) in [6.07, 6.45) is 0.113. The van der Waals surface area contributed by atoms with E-state index in [9.17, 15) is 17.6 Å². The summed E-state index contributed by atoms with van der Waals surface area (Å²) in [5.41, 5.74) is 0. The maximum Gasteiger partial charge on any atom is 0.321 e. The van der Waals surface area contributed by atoms with Crippen LogP contribution in [0.2, 0.25) is 5.02 Å². The first kappa shape index (κ1) is 16.9. The van der Waals surface area contributed by atoms with E-state index >= 15 is 0 Å². The fourth-order valence-corrected chi connectivity index (χ4v) is 3.32. The number of halogens is 2. The Hall–Kier alpha value is -1.18. The van der Waals surface area contributed by atoms with Crippen LogP contribution < -0.4 is 4.72 Å². The van der Waals surface area contributed by atoms with Crippen LogP contribution in [0.4, 0.5) is 4.39 Å². The molecular weight excluding hydrogens is 309 g/mol. The molecular formula is C12H15ClFNO4S. The van der Waals surface area contributed by atoms with E-state index in [0.717, 1.165) is 18.2 Å². The summed E-state index contributed by atoms with van der Waals surface area (Å²) in [4.78, 5) is 10.6. The molecule has 0 fully saturated rings. The van der Waals surface area contributed by atoms with Crippen molar-refractivity contribution in [2.24, 2.45) is 5.92 Å². The maximum atomic E-state index is 13.1. The Bertz CT molecular complexity index is 603. The van der Waals surface area contributed by atoms with E-state index < -0.39 is 32.7 Å². The van der Waals surface area contributed by atoms with Gasteiger partial charge in [-0.05, 0) is 30.5 Å². The number of carboxylic acid groups (broad SMARTS) is 1. The molecule has 0 saturated carbocycles. The van der Waals surface area contributed by atoms with E-state index in [-0.39, 0.29) is 17.4 Å². The smallest absolute Gasteiger partial charge is 0.321 e. The van der Waals surface area contributed by atoms with Crippen molar-refractivity contribution < 1.29 is 22.7 Å². The molecule has 20 heavy (non-hydrogen) atoms. The number of rotatable bonds is 6. The van der Waals surface area contributed by atoms with Crippen LogP contribution in [0.15, 0.2) is 23.1 Å². The number of benzene rings is 1. The summed E-state index contributed by atoms with van der Waals surface area (Å²) >= 11 is 5.72. The number of carboxylic acids is 1. The van der Waals surface area contributed by atoms with Gasteiger partial charge in [-0.2, -0.15) is 4.72 Å². The van der Waals surface area contributed by atoms with E-state index in [0.29, 0.717) is 0 Å². The average molecular weight is 324 g/mol. The van der Waals surface area contributed by atoms with E-state index in [1.807, 2.05) is 4.72 Å². The Balaban J connectivity index is 3.09. The number of nitrogens with one attached hydrogen (secondary N) is 1. The van der Waals surface area contributed by atoms with Gasteiger partial charge in [0.05, 0.1) is 5.02 Å². The third kappa shape index (κ3) is 4.43. The second-order valence-electron chi connectivity index (χ2n) is 4.72. The van der Waals surface area contributed by atoms with Crippen LogP contribution in [0.1, 0.15) is 20.3 Å². The first-order valence-electron chi connectivity index (χ1n) is 5.83. The molecule has 1 aromatic carbocycles. The van der Waals surface area contributed by atoms with Crippen molar-refractivity contribution in [1.82, 2.24) is 4.72 Å². The van der Waals surface area contributed by atoms with Gasteiger partial charge in [0.15, 0.2) is 0 Å². The van der Waals surface area contributed by atoms with Gasteiger partial charge in [-0.3, -0.25) is 4.79 Å². The van der Waals surface area contributed by atoms with Crippen molar-refractivity contribution in [1.29, 1.82) is 0 Å². The number of hydrogen-bond acceptors (Lipinski definition) is 3. The molecule has 0 bridgehead atoms. The van der Waals surface area contributed by atoms with Gasteiger partial charge in [0.25, 0.3) is 0 Å². The van der Waals surface area contributed by atoms with Crippen LogP contribution in [-0.2, 0) is 14.8 Å². The average Bonchev–Trinajstić information content (AvgIpc) is 2.30. The highest BCUT2D eigenvalue weighted by Gasteiger charge is 2.27. The molecule has 112 valence electrons. The van der Waals surface area contributed by atoms with Gasteiger partial charge >= 0.3 is 5.97 Å². The number of hydrogen-bond donors (Lipinski definition) is 2. The van der Waals surface area contributed by atoms with Crippen LogP contribution in [0.5, 0.6) is 0 Å². The molecule has 1 atom stereocenters. The standard InChI is InChI=1S/C12H15ClFNO4S/c1-7(2)5-10(12(16)17)15-20(18,19)11-6-8(14)3-4-9(11)13/h3-4,6-7,10,15H,5H2,1-2H3,(H,16,17)/t10-/m1/s1. The molecule has 1 rings (SSSR count). The zero-order chi connectivity index (χ0) is 15.5. The fraction of sp³-hybridized carbons (Fsp3) is 0.417. The molecule has 0 aliphatic heterocycles. The van der Waals surface area contributed by atoms with Crippen molar-refractivity contribution in [3.05, 3.63) is 29.0 Å². The minimum atomic E-state index is -4.21. The highest BCUT2D eigenvalue weighted by atomic mass is 35.5. The van der Waals surface area contributed by atoms with Crippen LogP contribution in [0, 0.1) is 11.7 Å². The third-order valence-electron chi connectivity index (χ3n) is 2.49. The van der Waals surface area contributed by atoms with E-state index in [1.54, 1.807) is 13.8 Å². The van der Waals surface area contributed by atoms with Crippen LogP contribution in [0.3, 0.4) is 0 Å². The summed E-state index contributed by atoms with van der Waals surface area (Å²) in [6, 6.07) is 1.58. The molecule has 0 amide bonds. The zero-order valence-electron chi connectivity index (χ0n) is 10.9. The van der Waals surface area contributed by atoms with Gasteiger partial charge in [0.2, 0.25) is 10.0 Å². The Morgan fingerprint density at radius 3 is 2.55 bits per heavy atom. The molecule has 0 aliphatic rings. The largest absolute Gasteiger partial charge is 0.480 e. The predicted molar refractivity (Wildman–Crippen MR) is 72.6 cm³/mol. The molecule has 0 saturated heterocycles. The van der Waals surface area contributed by atoms with Crippen molar-refractivity contribution >= 4 is 27.6 Å². The van der Waals surface area contributed by atoms with Gasteiger partial charge in [-0.1, -0.05) is 25.4 Å². The molecule has 0 aromatic heterocycles. The molecule has 2 N–H and O–H groups in total. The summed E-state index contributed by atoms with van der Waals surface area (Å²) in [5, 5.41) is 8.85. The lowest BCUT2D eigenvalue weighted by Crippen LogP contribution is -2.41. The van der Waals surface area contributed by atoms with E-state index in [1.165, 1.54) is 0 Å². The molecule has 0 unspecified atom stereocenters. The molecule has 5 nitrogen and oxygen atoms in total. The molecule has 1 aromatic rings. The molecule has 0 radical (unpaired) electrons. The monoisotopic (exact) mass is 323 g/mol. The maximum absolute atomic E-state index is 13.1. The Morgan fingerprint density at radius 2 is 2.05 bits per heavy atom. The Labute approximate surface area is 121 Å². The van der Waals surface area contributed by atoms with Gasteiger partial charge in [0, 0.05) is 0 Å². The second kappa shape index (κ2) is 6.51. The van der Waals surface area contributed by atoms with Crippen molar-refractivity contribution in [2.45, 2.75) is 31.2 Å². The van der Waals surface area contributed by atoms with Crippen molar-refractivity contribution in [3.8, 4) is 0 Å². The number of sulfonamides is 1. The number of aliphatic carboxylic acids is 1. The summed E-state index contributed by atoms with van der Waals surface area (Å²) in [5.74, 6) is -2.10. The quantitative estimate of drug-likeness (QED) is 0.841. The lowest BCUT2D eigenvalue weighted by atomic mass is 10.1. The molecule has 0 spiro atoms. The molecule has 0 aliphatic carbocycles. The minimum absolute atomic E-state index is 0.0261. The topological polar surface area (TPSA) is 83.5 Å². The van der Waals surface area contributed by atoms with Crippen LogP contribution in [0.25, 0.3) is 0 Å². The normalized spacial score (nSPS) is 13.4. The van der Waals surface area contributed by atoms with Gasteiger partial charge < -0.3 is 5.11 Å². The van der Waals surface area contributed by atoms with E-state index in [4.69, 9.17) is 16.7 Å². The van der Waals surface area contributed by atoms with Crippen LogP contribution in [-0.4, -0.2) is 25.5 Å². The molecule has 0 heterocycles. The van der Waals surface area contributed by atoms with Gasteiger partial charge in [-0.25, -0.2) is 12.8 Å². The first-order chi connectivity index (χ1) is 9.13. The Morgan fingerprint density at radius 1 is 1.45 bits per heavy atom. The predicted octanol–water partition coefficient (Wildman–Crippen LogP) is 2.26. The number of carbonyl (C=O) groups is 1. The SMILES string of the molecule is CC(C)C[C@@H](NS(=O)(=O)c1cc(F)ccc1Cl)C(=O)O. The zero-order valence-corrected chi connectivity index (χ0v) is 12.5. The van der Waals surface area contributed by atoms with Gasteiger partial charge in [-0.15, -0.1) is 0 Å². The van der Waals surface area contributed by atoms with E-state index in [2.05, 4.69) is 0 Å². The third-order valence-corrected chi connectivity index (χ3v) is 4.44. The van der Waals surface area contributed by atoms with Crippen molar-refractivity contribution in [3.63, 3.8) is 0 Å². The summed E-state index contributed by atoms with van der Waals surface area (Å²) in [7, 11) is -4.21. The summed E-state index contributed by atoms with van der Waals surface area (Å²) in [6.45, 7) is 3.53. The van der Waals surface area contributed by atoms with Gasteiger partial charge in [0.1, 0.15) is 16.8 Å². The highest BCUT2D eigenvalue weighted by molar-refractivity contribution is 7.89. The Kier molecular flexibility index (Phi) is 5.50. The second-order valence-corrected chi connectivity index (χ2v) is 6.81. The fourth-order valence-electron chi connectivity index (χ4n) is 1.60. The first-order valence-corrected chi connectivity index (χ1v) is 7.69. The molecule has 8 heteroatoms.